The van der Waals surface area contributed by atoms with Crippen LogP contribution in [-0.2, 0) is 11.2 Å². The van der Waals surface area contributed by atoms with Gasteiger partial charge in [0.15, 0.2) is 5.96 Å². The Hall–Kier alpha value is -2.53. The molecular weight excluding hydrogens is 336 g/mol. The van der Waals surface area contributed by atoms with Crippen LogP contribution >= 0.6 is 11.6 Å². The van der Waals surface area contributed by atoms with Crippen LogP contribution in [0.2, 0.25) is 5.02 Å². The molecule has 0 aliphatic heterocycles. The van der Waals surface area contributed by atoms with E-state index in [1.807, 2.05) is 37.3 Å². The van der Waals surface area contributed by atoms with Crippen LogP contribution in [0.4, 0.5) is 11.4 Å². The maximum Gasteiger partial charge on any atom is 0.226 e. The first kappa shape index (κ1) is 18.8. The lowest BCUT2D eigenvalue weighted by Gasteiger charge is -2.08. The number of benzene rings is 2. The molecule has 0 spiro atoms. The largest absolute Gasteiger partial charge is 0.370 e. The smallest absolute Gasteiger partial charge is 0.226 e. The molecule has 0 aromatic heterocycles. The maximum absolute atomic E-state index is 12.0. The summed E-state index contributed by atoms with van der Waals surface area (Å²) >= 11 is 6.10. The molecule has 6 heteroatoms. The Kier molecular flexibility index (Phi) is 6.83. The van der Waals surface area contributed by atoms with Gasteiger partial charge in [0.05, 0.1) is 17.3 Å². The van der Waals surface area contributed by atoms with E-state index in [0.29, 0.717) is 17.3 Å². The Labute approximate surface area is 153 Å². The van der Waals surface area contributed by atoms with Gasteiger partial charge in [-0.25, -0.2) is 0 Å². The SMILES string of the molecule is CCc1cccc(NC(N)=NCCC(=O)Nc2ccc(C)cc2Cl)c1. The third-order valence-corrected chi connectivity index (χ3v) is 3.94. The van der Waals surface area contributed by atoms with Gasteiger partial charge in [-0.2, -0.15) is 0 Å². The average Bonchev–Trinajstić information content (AvgIpc) is 2.57. The zero-order valence-electron chi connectivity index (χ0n) is 14.5. The van der Waals surface area contributed by atoms with Gasteiger partial charge >= 0.3 is 0 Å². The molecule has 0 fully saturated rings. The maximum atomic E-state index is 12.0. The first-order chi connectivity index (χ1) is 12.0. The van der Waals surface area contributed by atoms with Crippen LogP contribution in [0, 0.1) is 6.92 Å². The van der Waals surface area contributed by atoms with Gasteiger partial charge in [0.1, 0.15) is 0 Å². The van der Waals surface area contributed by atoms with Gasteiger partial charge in [0, 0.05) is 12.1 Å². The van der Waals surface area contributed by atoms with Gasteiger partial charge in [-0.1, -0.05) is 36.7 Å². The number of rotatable bonds is 6. The van der Waals surface area contributed by atoms with Crippen LogP contribution < -0.4 is 16.4 Å². The number of nitrogens with zero attached hydrogens (tertiary/aromatic N) is 1. The second-order valence-electron chi connectivity index (χ2n) is 5.73. The molecule has 0 saturated carbocycles. The van der Waals surface area contributed by atoms with E-state index in [2.05, 4.69) is 28.6 Å². The fourth-order valence-electron chi connectivity index (χ4n) is 2.27. The number of anilines is 2. The third-order valence-electron chi connectivity index (χ3n) is 3.63. The molecule has 0 saturated heterocycles. The first-order valence-electron chi connectivity index (χ1n) is 8.20. The quantitative estimate of drug-likeness (QED) is 0.540. The zero-order valence-corrected chi connectivity index (χ0v) is 15.2. The van der Waals surface area contributed by atoms with E-state index in [4.69, 9.17) is 17.3 Å². The number of nitrogens with one attached hydrogen (secondary N) is 2. The van der Waals surface area contributed by atoms with E-state index in [1.165, 1.54) is 5.56 Å². The molecule has 0 aliphatic carbocycles. The molecule has 132 valence electrons. The molecule has 0 bridgehead atoms. The molecule has 0 aliphatic rings. The van der Waals surface area contributed by atoms with E-state index >= 15 is 0 Å². The van der Waals surface area contributed by atoms with Crippen molar-refractivity contribution in [2.45, 2.75) is 26.7 Å². The van der Waals surface area contributed by atoms with Gasteiger partial charge in [-0.3, -0.25) is 9.79 Å². The average molecular weight is 359 g/mol. The highest BCUT2D eigenvalue weighted by atomic mass is 35.5. The Balaban J connectivity index is 1.83. The molecular formula is C19H23ClN4O. The lowest BCUT2D eigenvalue weighted by molar-refractivity contribution is -0.116. The summed E-state index contributed by atoms with van der Waals surface area (Å²) in [4.78, 5) is 16.2. The van der Waals surface area contributed by atoms with Crippen molar-refractivity contribution in [1.29, 1.82) is 0 Å². The standard InChI is InChI=1S/C19H23ClN4O/c1-3-14-5-4-6-15(12-14)23-19(21)22-10-9-18(25)24-17-8-7-13(2)11-16(17)20/h4-8,11-12H,3,9-10H2,1-2H3,(H,24,25)(H3,21,22,23). The van der Waals surface area contributed by atoms with Crippen LogP contribution in [0.5, 0.6) is 0 Å². The number of guanidine groups is 1. The van der Waals surface area contributed by atoms with E-state index in [-0.39, 0.29) is 18.3 Å². The molecule has 0 atom stereocenters. The number of carbonyl (C=O) groups is 1. The van der Waals surface area contributed by atoms with Gasteiger partial charge in [-0.15, -0.1) is 0 Å². The number of nitrogens with two attached hydrogens (primary N) is 1. The van der Waals surface area contributed by atoms with Gasteiger partial charge in [0.25, 0.3) is 0 Å². The summed E-state index contributed by atoms with van der Waals surface area (Å²) in [7, 11) is 0. The van der Waals surface area contributed by atoms with Crippen molar-refractivity contribution >= 4 is 34.8 Å². The number of hydrogen-bond acceptors (Lipinski definition) is 2. The lowest BCUT2D eigenvalue weighted by atomic mass is 10.1. The van der Waals surface area contributed by atoms with Crippen LogP contribution in [0.1, 0.15) is 24.5 Å². The number of carbonyl (C=O) groups excluding carboxylic acids is 1. The van der Waals surface area contributed by atoms with Crippen molar-refractivity contribution in [3.05, 3.63) is 58.6 Å². The highest BCUT2D eigenvalue weighted by molar-refractivity contribution is 6.33. The molecule has 0 heterocycles. The Morgan fingerprint density at radius 2 is 2.00 bits per heavy atom. The molecule has 0 radical (unpaired) electrons. The minimum absolute atomic E-state index is 0.157. The molecule has 4 N–H and O–H groups in total. The molecule has 0 unspecified atom stereocenters. The number of hydrogen-bond donors (Lipinski definition) is 3. The second-order valence-corrected chi connectivity index (χ2v) is 6.13. The normalized spacial score (nSPS) is 11.2. The molecule has 5 nitrogen and oxygen atoms in total. The Morgan fingerprint density at radius 1 is 1.20 bits per heavy atom. The second kappa shape index (κ2) is 9.08. The summed E-state index contributed by atoms with van der Waals surface area (Å²) in [5.41, 5.74) is 9.60. The van der Waals surface area contributed by atoms with Gasteiger partial charge in [-0.05, 0) is 48.7 Å². The monoisotopic (exact) mass is 358 g/mol. The summed E-state index contributed by atoms with van der Waals surface area (Å²) in [5.74, 6) is 0.129. The summed E-state index contributed by atoms with van der Waals surface area (Å²) in [5, 5.41) is 6.33. The van der Waals surface area contributed by atoms with Crippen molar-refractivity contribution in [1.82, 2.24) is 0 Å². The van der Waals surface area contributed by atoms with Gasteiger partial charge in [0.2, 0.25) is 5.91 Å². The molecule has 2 aromatic rings. The molecule has 25 heavy (non-hydrogen) atoms. The van der Waals surface area contributed by atoms with E-state index in [9.17, 15) is 4.79 Å². The van der Waals surface area contributed by atoms with Crippen LogP contribution in [0.3, 0.4) is 0 Å². The third kappa shape index (κ3) is 6.12. The highest BCUT2D eigenvalue weighted by Gasteiger charge is 2.06. The lowest BCUT2D eigenvalue weighted by Crippen LogP contribution is -2.23. The van der Waals surface area contributed by atoms with E-state index in [0.717, 1.165) is 17.7 Å². The topological polar surface area (TPSA) is 79.5 Å². The van der Waals surface area contributed by atoms with Crippen molar-refractivity contribution in [2.24, 2.45) is 10.7 Å². The number of halogens is 1. The summed E-state index contributed by atoms with van der Waals surface area (Å²) in [6, 6.07) is 13.5. The predicted octanol–water partition coefficient (Wildman–Crippen LogP) is 3.97. The van der Waals surface area contributed by atoms with E-state index in [1.54, 1.807) is 6.07 Å². The van der Waals surface area contributed by atoms with Crippen molar-refractivity contribution in [3.8, 4) is 0 Å². The Morgan fingerprint density at radius 3 is 2.72 bits per heavy atom. The van der Waals surface area contributed by atoms with Gasteiger partial charge < -0.3 is 16.4 Å². The predicted molar refractivity (Wildman–Crippen MR) is 105 cm³/mol. The van der Waals surface area contributed by atoms with Crippen LogP contribution in [0.15, 0.2) is 47.5 Å². The number of aryl methyl sites for hydroxylation is 2. The zero-order chi connectivity index (χ0) is 18.2. The minimum Gasteiger partial charge on any atom is -0.370 e. The molecule has 1 amide bonds. The van der Waals surface area contributed by atoms with E-state index < -0.39 is 0 Å². The molecule has 2 rings (SSSR count). The summed E-state index contributed by atoms with van der Waals surface area (Å²) < 4.78 is 0. The first-order valence-corrected chi connectivity index (χ1v) is 8.57. The number of amides is 1. The summed E-state index contributed by atoms with van der Waals surface area (Å²) in [6.07, 6.45) is 1.18. The minimum atomic E-state index is -0.157. The summed E-state index contributed by atoms with van der Waals surface area (Å²) in [6.45, 7) is 4.33. The fourth-order valence-corrected chi connectivity index (χ4v) is 2.55. The highest BCUT2D eigenvalue weighted by Crippen LogP contribution is 2.22. The van der Waals surface area contributed by atoms with Crippen molar-refractivity contribution < 1.29 is 4.79 Å². The van der Waals surface area contributed by atoms with Crippen LogP contribution in [-0.4, -0.2) is 18.4 Å². The number of aliphatic imine (C=N–C) groups is 1. The fraction of sp³-hybridized carbons (Fsp3) is 0.263. The van der Waals surface area contributed by atoms with Crippen LogP contribution in [0.25, 0.3) is 0 Å². The van der Waals surface area contributed by atoms with Crippen molar-refractivity contribution in [2.75, 3.05) is 17.2 Å². The molecule has 2 aromatic carbocycles. The Bertz CT molecular complexity index is 774. The van der Waals surface area contributed by atoms with Crippen molar-refractivity contribution in [3.63, 3.8) is 0 Å².